The summed E-state index contributed by atoms with van der Waals surface area (Å²) in [7, 11) is -4.38. The first kappa shape index (κ1) is 46.2. The van der Waals surface area contributed by atoms with E-state index in [1.807, 2.05) is 0 Å². The Morgan fingerprint density at radius 1 is 0.625 bits per heavy atom. The van der Waals surface area contributed by atoms with Gasteiger partial charge in [0.1, 0.15) is 6.61 Å². The zero-order valence-electron chi connectivity index (χ0n) is 30.5. The summed E-state index contributed by atoms with van der Waals surface area (Å²) >= 11 is 0. The topological polar surface area (TPSA) is 134 Å². The number of phosphoric ester groups is 1. The number of unbranched alkanes of at least 4 members (excludes halogenated alkanes) is 16. The lowest BCUT2D eigenvalue weighted by Crippen LogP contribution is -2.29. The van der Waals surface area contributed by atoms with Gasteiger partial charge in [0, 0.05) is 19.4 Å². The van der Waals surface area contributed by atoms with Gasteiger partial charge in [-0.05, 0) is 51.4 Å². The lowest BCUT2D eigenvalue weighted by molar-refractivity contribution is -0.161. The number of hydrogen-bond donors (Lipinski definition) is 2. The van der Waals surface area contributed by atoms with E-state index in [-0.39, 0.29) is 32.6 Å². The Morgan fingerprint density at radius 3 is 1.65 bits per heavy atom. The van der Waals surface area contributed by atoms with E-state index in [1.54, 1.807) is 0 Å². The van der Waals surface area contributed by atoms with Crippen molar-refractivity contribution < 1.29 is 37.6 Å². The van der Waals surface area contributed by atoms with E-state index in [0.29, 0.717) is 6.42 Å². The van der Waals surface area contributed by atoms with Crippen molar-refractivity contribution in [3.63, 3.8) is 0 Å². The fourth-order valence-corrected chi connectivity index (χ4v) is 5.70. The minimum atomic E-state index is -4.38. The first-order chi connectivity index (χ1) is 23.3. The highest BCUT2D eigenvalue weighted by molar-refractivity contribution is 7.47. The number of rotatable bonds is 35. The van der Waals surface area contributed by atoms with Crippen LogP contribution in [0, 0.1) is 0 Å². The molecule has 3 N–H and O–H groups in total. The smallest absolute Gasteiger partial charge is 0.462 e. The Morgan fingerprint density at radius 2 is 1.08 bits per heavy atom. The second kappa shape index (κ2) is 35.1. The number of carbonyl (C=O) groups is 2. The highest BCUT2D eigenvalue weighted by Gasteiger charge is 2.25. The predicted molar refractivity (Wildman–Crippen MR) is 197 cm³/mol. The summed E-state index contributed by atoms with van der Waals surface area (Å²) in [6, 6.07) is 0. The van der Waals surface area contributed by atoms with Crippen LogP contribution in [0.3, 0.4) is 0 Å². The van der Waals surface area contributed by atoms with Crippen LogP contribution in [0.1, 0.15) is 162 Å². The van der Waals surface area contributed by atoms with Crippen molar-refractivity contribution in [2.45, 2.75) is 168 Å². The van der Waals surface area contributed by atoms with Gasteiger partial charge in [0.2, 0.25) is 0 Å². The molecule has 280 valence electrons. The Kier molecular flexibility index (Phi) is 33.8. The molecular weight excluding hydrogens is 629 g/mol. The SMILES string of the molecule is CCCCCC=CCC=CCC=CCCCCC(=O)OC(COC(=O)CCCCCCCCCCCCCC)COP(=O)(O)OCCN. The van der Waals surface area contributed by atoms with Gasteiger partial charge in [-0.25, -0.2) is 4.57 Å². The van der Waals surface area contributed by atoms with Crippen LogP contribution in [0.15, 0.2) is 36.5 Å². The number of phosphoric acid groups is 1. The Balaban J connectivity index is 4.31. The van der Waals surface area contributed by atoms with Crippen molar-refractivity contribution in [1.29, 1.82) is 0 Å². The van der Waals surface area contributed by atoms with Gasteiger partial charge >= 0.3 is 19.8 Å². The minimum absolute atomic E-state index is 0.0474. The van der Waals surface area contributed by atoms with Crippen LogP contribution >= 0.6 is 7.82 Å². The number of ether oxygens (including phenoxy) is 2. The summed E-state index contributed by atoms with van der Waals surface area (Å²) in [5.41, 5.74) is 5.32. The molecule has 0 aliphatic heterocycles. The number of hydrogen-bond acceptors (Lipinski definition) is 8. The third kappa shape index (κ3) is 34.1. The van der Waals surface area contributed by atoms with E-state index >= 15 is 0 Å². The lowest BCUT2D eigenvalue weighted by atomic mass is 10.0. The maximum atomic E-state index is 12.5. The van der Waals surface area contributed by atoms with Crippen molar-refractivity contribution in [1.82, 2.24) is 0 Å². The molecule has 2 unspecified atom stereocenters. The molecule has 0 aliphatic carbocycles. The zero-order chi connectivity index (χ0) is 35.4. The molecular formula is C38H70NO8P. The first-order valence-corrected chi connectivity index (χ1v) is 20.5. The van der Waals surface area contributed by atoms with E-state index in [4.69, 9.17) is 24.3 Å². The number of nitrogens with two attached hydrogens (primary N) is 1. The van der Waals surface area contributed by atoms with Gasteiger partial charge in [-0.2, -0.15) is 0 Å². The fraction of sp³-hybridized carbons (Fsp3) is 0.789. The molecule has 0 saturated heterocycles. The summed E-state index contributed by atoms with van der Waals surface area (Å²) in [5, 5.41) is 0. The van der Waals surface area contributed by atoms with Crippen LogP contribution in [0.25, 0.3) is 0 Å². The van der Waals surface area contributed by atoms with Crippen LogP contribution in [0.4, 0.5) is 0 Å². The Bertz CT molecular complexity index is 892. The van der Waals surface area contributed by atoms with Crippen molar-refractivity contribution in [2.24, 2.45) is 5.73 Å². The van der Waals surface area contributed by atoms with Gasteiger partial charge in [0.25, 0.3) is 0 Å². The Labute approximate surface area is 293 Å². The normalized spacial score (nSPS) is 13.8. The van der Waals surface area contributed by atoms with Gasteiger partial charge in [-0.15, -0.1) is 0 Å². The number of allylic oxidation sites excluding steroid dienone is 6. The van der Waals surface area contributed by atoms with Crippen LogP contribution in [0.2, 0.25) is 0 Å². The van der Waals surface area contributed by atoms with E-state index in [0.717, 1.165) is 51.4 Å². The molecule has 0 fully saturated rings. The third-order valence-electron chi connectivity index (χ3n) is 7.78. The molecule has 9 nitrogen and oxygen atoms in total. The van der Waals surface area contributed by atoms with Crippen LogP contribution in [-0.4, -0.2) is 49.3 Å². The summed E-state index contributed by atoms with van der Waals surface area (Å²) in [4.78, 5) is 34.7. The molecule has 0 spiro atoms. The largest absolute Gasteiger partial charge is 0.472 e. The number of carbonyl (C=O) groups excluding carboxylic acids is 2. The van der Waals surface area contributed by atoms with Gasteiger partial charge in [-0.1, -0.05) is 134 Å². The molecule has 10 heteroatoms. The van der Waals surface area contributed by atoms with Gasteiger partial charge in [-0.3, -0.25) is 18.6 Å². The molecule has 2 atom stereocenters. The predicted octanol–water partition coefficient (Wildman–Crippen LogP) is 10.2. The summed E-state index contributed by atoms with van der Waals surface area (Å²) in [6.45, 7) is 3.64. The average molecular weight is 700 g/mol. The standard InChI is InChI=1S/C38H70NO8P/c1-3-5-7-9-11-13-15-17-18-19-21-23-25-27-29-31-38(41)47-36(35-46-48(42,43)45-33-32-39)34-44-37(40)30-28-26-24-22-20-16-14-12-10-8-6-4-2/h11,13,17-18,21,23,36H,3-10,12,14-16,19-20,22,24-35,39H2,1-2H3,(H,42,43). The fourth-order valence-electron chi connectivity index (χ4n) is 4.93. The molecule has 0 aromatic heterocycles. The van der Waals surface area contributed by atoms with E-state index < -0.39 is 32.5 Å². The van der Waals surface area contributed by atoms with Gasteiger partial charge in [0.15, 0.2) is 6.10 Å². The van der Waals surface area contributed by atoms with Crippen LogP contribution < -0.4 is 5.73 Å². The van der Waals surface area contributed by atoms with E-state index in [2.05, 4.69) is 50.3 Å². The van der Waals surface area contributed by atoms with Crippen molar-refractivity contribution in [3.8, 4) is 0 Å². The molecule has 0 bridgehead atoms. The molecule has 0 radical (unpaired) electrons. The molecule has 0 saturated carbocycles. The second-order valence-corrected chi connectivity index (χ2v) is 13.9. The highest BCUT2D eigenvalue weighted by Crippen LogP contribution is 2.43. The summed E-state index contributed by atoms with van der Waals surface area (Å²) in [5.74, 6) is -0.874. The third-order valence-corrected chi connectivity index (χ3v) is 8.76. The van der Waals surface area contributed by atoms with Gasteiger partial charge in [0.05, 0.1) is 13.2 Å². The van der Waals surface area contributed by atoms with Crippen molar-refractivity contribution >= 4 is 19.8 Å². The monoisotopic (exact) mass is 699 g/mol. The molecule has 48 heavy (non-hydrogen) atoms. The van der Waals surface area contributed by atoms with Crippen LogP contribution in [0.5, 0.6) is 0 Å². The van der Waals surface area contributed by atoms with Crippen LogP contribution in [-0.2, 0) is 32.7 Å². The molecule has 0 rings (SSSR count). The molecule has 0 aromatic carbocycles. The van der Waals surface area contributed by atoms with E-state index in [9.17, 15) is 19.0 Å². The van der Waals surface area contributed by atoms with Gasteiger partial charge < -0.3 is 20.1 Å². The first-order valence-electron chi connectivity index (χ1n) is 19.0. The lowest BCUT2D eigenvalue weighted by Gasteiger charge is -2.19. The van der Waals surface area contributed by atoms with Crippen molar-refractivity contribution in [3.05, 3.63) is 36.5 Å². The maximum Gasteiger partial charge on any atom is 0.472 e. The molecule has 0 aliphatic rings. The van der Waals surface area contributed by atoms with E-state index in [1.165, 1.54) is 77.0 Å². The highest BCUT2D eigenvalue weighted by atomic mass is 31.2. The Hall–Kier alpha value is -1.77. The number of esters is 2. The zero-order valence-corrected chi connectivity index (χ0v) is 31.4. The average Bonchev–Trinajstić information content (AvgIpc) is 3.07. The maximum absolute atomic E-state index is 12.5. The minimum Gasteiger partial charge on any atom is -0.462 e. The molecule has 0 amide bonds. The second-order valence-electron chi connectivity index (χ2n) is 12.4. The summed E-state index contributed by atoms with van der Waals surface area (Å²) in [6.07, 6.45) is 36.0. The molecule has 0 aromatic rings. The molecule has 0 heterocycles. The summed E-state index contributed by atoms with van der Waals surface area (Å²) < 4.78 is 32.6. The van der Waals surface area contributed by atoms with Crippen molar-refractivity contribution in [2.75, 3.05) is 26.4 Å². The quantitative estimate of drug-likeness (QED) is 0.0287.